The maximum absolute atomic E-state index is 14.1. The van der Waals surface area contributed by atoms with Gasteiger partial charge in [0.15, 0.2) is 0 Å². The predicted molar refractivity (Wildman–Crippen MR) is 105 cm³/mol. The van der Waals surface area contributed by atoms with Crippen LogP contribution in [0.25, 0.3) is 10.9 Å². The molecular weight excluding hydrogens is 343 g/mol. The second-order valence-electron chi connectivity index (χ2n) is 6.78. The summed E-state index contributed by atoms with van der Waals surface area (Å²) in [7, 11) is 1.81. The highest BCUT2D eigenvalue weighted by Gasteiger charge is 2.25. The fourth-order valence-electron chi connectivity index (χ4n) is 3.21. The number of carbonyl (C=O) groups excluding carboxylic acids is 1. The Kier molecular flexibility index (Phi) is 5.40. The van der Waals surface area contributed by atoms with E-state index in [1.807, 2.05) is 33.0 Å². The van der Waals surface area contributed by atoms with Gasteiger partial charge >= 0.3 is 0 Å². The number of amides is 1. The van der Waals surface area contributed by atoms with Gasteiger partial charge in [-0.1, -0.05) is 37.3 Å². The lowest BCUT2D eigenvalue weighted by Gasteiger charge is -2.29. The van der Waals surface area contributed by atoms with Gasteiger partial charge in [-0.25, -0.2) is 4.39 Å². The van der Waals surface area contributed by atoms with E-state index in [1.165, 1.54) is 6.07 Å². The lowest BCUT2D eigenvalue weighted by atomic mass is 10.1. The minimum Gasteiger partial charge on any atom is -0.350 e. The first-order valence-corrected chi connectivity index (χ1v) is 9.06. The maximum Gasteiger partial charge on any atom is 0.259 e. The monoisotopic (exact) mass is 366 g/mol. The standard InChI is InChI=1S/C22H23FN2O2/c1-4-15(2)25(13-16-9-5-7-11-19(16)23)22(27)18-14-24(3)20-12-8-6-10-17(20)21(18)26/h5-12,14-15H,4,13H2,1-3H3/t15-/m1/s1. The van der Waals surface area contributed by atoms with Crippen molar-refractivity contribution < 1.29 is 9.18 Å². The topological polar surface area (TPSA) is 42.3 Å². The number of para-hydroxylation sites is 1. The Labute approximate surface area is 157 Å². The molecule has 2 aromatic carbocycles. The third-order valence-corrected chi connectivity index (χ3v) is 5.01. The van der Waals surface area contributed by atoms with Gasteiger partial charge in [-0.3, -0.25) is 9.59 Å². The molecule has 3 rings (SSSR count). The summed E-state index contributed by atoms with van der Waals surface area (Å²) in [6, 6.07) is 13.5. The molecule has 0 spiro atoms. The lowest BCUT2D eigenvalue weighted by molar-refractivity contribution is 0.0667. The van der Waals surface area contributed by atoms with Gasteiger partial charge in [0.1, 0.15) is 11.4 Å². The second kappa shape index (κ2) is 7.74. The Bertz CT molecular complexity index is 1040. The molecule has 4 nitrogen and oxygen atoms in total. The average Bonchev–Trinajstić information content (AvgIpc) is 2.69. The van der Waals surface area contributed by atoms with E-state index in [-0.39, 0.29) is 35.3 Å². The van der Waals surface area contributed by atoms with Crippen LogP contribution in [-0.4, -0.2) is 21.4 Å². The summed E-state index contributed by atoms with van der Waals surface area (Å²) < 4.78 is 15.9. The molecule has 0 unspecified atom stereocenters. The number of fused-ring (bicyclic) bond motifs is 1. The van der Waals surface area contributed by atoms with Gasteiger partial charge in [-0.05, 0) is 31.5 Å². The molecule has 5 heteroatoms. The minimum absolute atomic E-state index is 0.104. The average molecular weight is 366 g/mol. The van der Waals surface area contributed by atoms with Gasteiger partial charge in [0.25, 0.3) is 5.91 Å². The molecule has 1 aromatic heterocycles. The summed E-state index contributed by atoms with van der Waals surface area (Å²) >= 11 is 0. The Balaban J connectivity index is 2.07. The molecule has 0 saturated heterocycles. The number of rotatable bonds is 5. The van der Waals surface area contributed by atoms with E-state index in [0.717, 1.165) is 5.52 Å². The summed E-state index contributed by atoms with van der Waals surface area (Å²) in [5.74, 6) is -0.732. The van der Waals surface area contributed by atoms with Gasteiger partial charge in [-0.2, -0.15) is 0 Å². The van der Waals surface area contributed by atoms with Crippen molar-refractivity contribution in [3.63, 3.8) is 0 Å². The number of benzene rings is 2. The number of pyridine rings is 1. The molecule has 0 fully saturated rings. The Morgan fingerprint density at radius 2 is 1.81 bits per heavy atom. The first-order chi connectivity index (χ1) is 12.9. The van der Waals surface area contributed by atoms with Gasteiger partial charge in [0.05, 0.1) is 5.52 Å². The molecule has 1 amide bonds. The summed E-state index contributed by atoms with van der Waals surface area (Å²) in [6.45, 7) is 3.99. The Morgan fingerprint density at radius 1 is 1.15 bits per heavy atom. The first kappa shape index (κ1) is 18.8. The van der Waals surface area contributed by atoms with Crippen LogP contribution in [0.5, 0.6) is 0 Å². The molecular formula is C22H23FN2O2. The fraction of sp³-hybridized carbons (Fsp3) is 0.273. The maximum atomic E-state index is 14.1. The van der Waals surface area contributed by atoms with E-state index < -0.39 is 0 Å². The number of hydrogen-bond acceptors (Lipinski definition) is 2. The summed E-state index contributed by atoms with van der Waals surface area (Å²) in [5, 5.41) is 0.501. The van der Waals surface area contributed by atoms with Gasteiger partial charge in [0.2, 0.25) is 5.43 Å². The van der Waals surface area contributed by atoms with Crippen molar-refractivity contribution in [2.75, 3.05) is 0 Å². The molecule has 3 aromatic rings. The Hall–Kier alpha value is -2.95. The summed E-state index contributed by atoms with van der Waals surface area (Å²) in [6.07, 6.45) is 2.28. The number of hydrogen-bond donors (Lipinski definition) is 0. The van der Waals surface area contributed by atoms with Crippen LogP contribution in [0.1, 0.15) is 36.2 Å². The molecule has 0 bridgehead atoms. The SMILES string of the molecule is CC[C@@H](C)N(Cc1ccccc1F)C(=O)c1cn(C)c2ccccc2c1=O. The highest BCUT2D eigenvalue weighted by Crippen LogP contribution is 2.18. The van der Waals surface area contributed by atoms with E-state index in [2.05, 4.69) is 0 Å². The number of halogens is 1. The van der Waals surface area contributed by atoms with E-state index in [0.29, 0.717) is 17.4 Å². The van der Waals surface area contributed by atoms with E-state index >= 15 is 0 Å². The van der Waals surface area contributed by atoms with Crippen LogP contribution in [0.2, 0.25) is 0 Å². The van der Waals surface area contributed by atoms with Crippen LogP contribution < -0.4 is 5.43 Å². The zero-order valence-electron chi connectivity index (χ0n) is 15.8. The van der Waals surface area contributed by atoms with Crippen LogP contribution in [0, 0.1) is 5.82 Å². The first-order valence-electron chi connectivity index (χ1n) is 9.06. The van der Waals surface area contributed by atoms with E-state index in [4.69, 9.17) is 0 Å². The number of nitrogens with zero attached hydrogens (tertiary/aromatic N) is 2. The number of aromatic nitrogens is 1. The van der Waals surface area contributed by atoms with Crippen molar-refractivity contribution >= 4 is 16.8 Å². The Morgan fingerprint density at radius 3 is 2.52 bits per heavy atom. The lowest BCUT2D eigenvalue weighted by Crippen LogP contribution is -2.40. The van der Waals surface area contributed by atoms with Crippen LogP contribution in [0.15, 0.2) is 59.5 Å². The third kappa shape index (κ3) is 3.63. The molecule has 1 heterocycles. The molecule has 140 valence electrons. The predicted octanol–water partition coefficient (Wildman–Crippen LogP) is 4.12. The highest BCUT2D eigenvalue weighted by atomic mass is 19.1. The molecule has 0 saturated carbocycles. The summed E-state index contributed by atoms with van der Waals surface area (Å²) in [5.41, 5.74) is 1.01. The molecule has 1 atom stereocenters. The molecule has 27 heavy (non-hydrogen) atoms. The number of aryl methyl sites for hydroxylation is 1. The zero-order chi connectivity index (χ0) is 19.6. The smallest absolute Gasteiger partial charge is 0.259 e. The van der Waals surface area contributed by atoms with Crippen molar-refractivity contribution in [1.29, 1.82) is 0 Å². The molecule has 0 aliphatic carbocycles. The quantitative estimate of drug-likeness (QED) is 0.682. The van der Waals surface area contributed by atoms with Crippen molar-refractivity contribution in [3.8, 4) is 0 Å². The zero-order valence-corrected chi connectivity index (χ0v) is 15.8. The van der Waals surface area contributed by atoms with Gasteiger partial charge in [0, 0.05) is 36.8 Å². The van der Waals surface area contributed by atoms with Gasteiger partial charge < -0.3 is 9.47 Å². The summed E-state index contributed by atoms with van der Waals surface area (Å²) in [4.78, 5) is 27.8. The number of carbonyl (C=O) groups is 1. The fourth-order valence-corrected chi connectivity index (χ4v) is 3.21. The van der Waals surface area contributed by atoms with Crippen LogP contribution in [0.4, 0.5) is 4.39 Å². The van der Waals surface area contributed by atoms with E-state index in [1.54, 1.807) is 46.0 Å². The molecule has 0 aliphatic heterocycles. The normalized spacial score (nSPS) is 12.1. The largest absolute Gasteiger partial charge is 0.350 e. The third-order valence-electron chi connectivity index (χ3n) is 5.01. The van der Waals surface area contributed by atoms with Crippen molar-refractivity contribution in [2.24, 2.45) is 7.05 Å². The van der Waals surface area contributed by atoms with Crippen LogP contribution >= 0.6 is 0 Å². The van der Waals surface area contributed by atoms with Crippen LogP contribution in [0.3, 0.4) is 0 Å². The van der Waals surface area contributed by atoms with Crippen LogP contribution in [-0.2, 0) is 13.6 Å². The second-order valence-corrected chi connectivity index (χ2v) is 6.78. The molecule has 0 radical (unpaired) electrons. The van der Waals surface area contributed by atoms with Gasteiger partial charge in [-0.15, -0.1) is 0 Å². The molecule has 0 aliphatic rings. The van der Waals surface area contributed by atoms with Crippen molar-refractivity contribution in [3.05, 3.63) is 81.9 Å². The van der Waals surface area contributed by atoms with Crippen molar-refractivity contribution in [2.45, 2.75) is 32.9 Å². The van der Waals surface area contributed by atoms with Crippen molar-refractivity contribution in [1.82, 2.24) is 9.47 Å². The highest BCUT2D eigenvalue weighted by molar-refractivity contribution is 5.97. The van der Waals surface area contributed by atoms with E-state index in [9.17, 15) is 14.0 Å². The minimum atomic E-state index is -0.376. The molecule has 0 N–H and O–H groups in total.